The summed E-state index contributed by atoms with van der Waals surface area (Å²) < 4.78 is 10.9. The Labute approximate surface area is 197 Å². The first-order valence-corrected chi connectivity index (χ1v) is 12.3. The monoisotopic (exact) mass is 467 g/mol. The van der Waals surface area contributed by atoms with Gasteiger partial charge in [0.2, 0.25) is 6.79 Å². The van der Waals surface area contributed by atoms with Crippen LogP contribution < -0.4 is 14.4 Å². The Kier molecular flexibility index (Phi) is 6.07. The number of fused-ring (bicyclic) bond motifs is 2. The van der Waals surface area contributed by atoms with Crippen molar-refractivity contribution in [3.05, 3.63) is 40.5 Å². The Hall–Kier alpha value is -2.91. The number of amides is 1. The molecule has 1 fully saturated rings. The molecule has 0 unspecified atom stereocenters. The van der Waals surface area contributed by atoms with E-state index in [0.717, 1.165) is 70.7 Å². The number of hydrogen-bond acceptors (Lipinski definition) is 8. The number of ether oxygens (including phenoxy) is 2. The zero-order valence-electron chi connectivity index (χ0n) is 19.3. The summed E-state index contributed by atoms with van der Waals surface area (Å²) in [6.07, 6.45) is 1.61. The molecule has 0 bridgehead atoms. The Morgan fingerprint density at radius 2 is 1.85 bits per heavy atom. The van der Waals surface area contributed by atoms with Crippen molar-refractivity contribution in [1.82, 2.24) is 19.8 Å². The van der Waals surface area contributed by atoms with Crippen molar-refractivity contribution in [2.75, 3.05) is 51.0 Å². The lowest BCUT2D eigenvalue weighted by molar-refractivity contribution is 0.0632. The normalized spacial score (nSPS) is 15.9. The first-order chi connectivity index (χ1) is 16.1. The minimum Gasteiger partial charge on any atom is -0.454 e. The van der Waals surface area contributed by atoms with Crippen molar-refractivity contribution < 1.29 is 14.3 Å². The molecule has 0 saturated carbocycles. The van der Waals surface area contributed by atoms with Crippen LogP contribution in [0, 0.1) is 6.92 Å². The molecule has 9 heteroatoms. The van der Waals surface area contributed by atoms with E-state index in [1.54, 1.807) is 6.33 Å². The minimum atomic E-state index is 0.101. The second-order valence-electron chi connectivity index (χ2n) is 8.36. The standard InChI is InChI=1S/C24H29N5O3S/c1-4-28(5-2)22-20-16(3)21(33-23(20)26-14-25-22)24(30)29-10-8-27(9-11-29)13-17-6-7-18-19(12-17)32-15-31-18/h6-7,12,14H,4-5,8-11,13,15H2,1-3H3. The van der Waals surface area contributed by atoms with E-state index in [1.807, 2.05) is 17.9 Å². The molecule has 0 radical (unpaired) electrons. The van der Waals surface area contributed by atoms with Crippen molar-refractivity contribution in [3.63, 3.8) is 0 Å². The molecule has 1 amide bonds. The number of rotatable bonds is 6. The van der Waals surface area contributed by atoms with E-state index in [4.69, 9.17) is 9.47 Å². The summed E-state index contributed by atoms with van der Waals surface area (Å²) in [7, 11) is 0. The molecule has 8 nitrogen and oxygen atoms in total. The molecule has 5 rings (SSSR count). The van der Waals surface area contributed by atoms with Gasteiger partial charge in [-0.2, -0.15) is 0 Å². The third-order valence-corrected chi connectivity index (χ3v) is 7.65. The highest BCUT2D eigenvalue weighted by Crippen LogP contribution is 2.36. The maximum Gasteiger partial charge on any atom is 0.264 e. The predicted octanol–water partition coefficient (Wildman–Crippen LogP) is 3.53. The van der Waals surface area contributed by atoms with E-state index in [0.29, 0.717) is 19.9 Å². The van der Waals surface area contributed by atoms with Crippen LogP contribution in [0.25, 0.3) is 10.2 Å². The van der Waals surface area contributed by atoms with Crippen LogP contribution in [-0.4, -0.2) is 71.7 Å². The summed E-state index contributed by atoms with van der Waals surface area (Å²) >= 11 is 1.48. The average molecular weight is 468 g/mol. The van der Waals surface area contributed by atoms with Crippen LogP contribution in [0.2, 0.25) is 0 Å². The zero-order valence-corrected chi connectivity index (χ0v) is 20.2. The molecule has 4 heterocycles. The van der Waals surface area contributed by atoms with E-state index < -0.39 is 0 Å². The van der Waals surface area contributed by atoms with Crippen LogP contribution in [0.15, 0.2) is 24.5 Å². The average Bonchev–Trinajstić information content (AvgIpc) is 3.44. The van der Waals surface area contributed by atoms with E-state index in [1.165, 1.54) is 16.9 Å². The molecule has 33 heavy (non-hydrogen) atoms. The van der Waals surface area contributed by atoms with Crippen molar-refractivity contribution in [2.24, 2.45) is 0 Å². The zero-order chi connectivity index (χ0) is 22.9. The molecular weight excluding hydrogens is 438 g/mol. The van der Waals surface area contributed by atoms with Gasteiger partial charge in [-0.3, -0.25) is 9.69 Å². The summed E-state index contributed by atoms with van der Waals surface area (Å²) in [5, 5.41) is 1.01. The Morgan fingerprint density at radius 3 is 2.61 bits per heavy atom. The second-order valence-corrected chi connectivity index (χ2v) is 9.36. The quantitative estimate of drug-likeness (QED) is 0.549. The third-order valence-electron chi connectivity index (χ3n) is 6.47. The first kappa shape index (κ1) is 21.9. The highest BCUT2D eigenvalue weighted by molar-refractivity contribution is 7.20. The summed E-state index contributed by atoms with van der Waals surface area (Å²) in [4.78, 5) is 30.7. The number of piperazine rings is 1. The van der Waals surface area contributed by atoms with E-state index >= 15 is 0 Å². The Balaban J connectivity index is 1.28. The molecule has 1 saturated heterocycles. The summed E-state index contributed by atoms with van der Waals surface area (Å²) in [5.41, 5.74) is 2.19. The van der Waals surface area contributed by atoms with Crippen LogP contribution in [0.1, 0.15) is 34.6 Å². The molecule has 0 aliphatic carbocycles. The SMILES string of the molecule is CCN(CC)c1ncnc2sc(C(=O)N3CCN(Cc4ccc5c(c4)OCO5)CC3)c(C)c12. The van der Waals surface area contributed by atoms with Crippen molar-refractivity contribution >= 4 is 33.3 Å². The lowest BCUT2D eigenvalue weighted by atomic mass is 10.1. The fraction of sp³-hybridized carbons (Fsp3) is 0.458. The Morgan fingerprint density at radius 1 is 1.09 bits per heavy atom. The summed E-state index contributed by atoms with van der Waals surface area (Å²) in [5.74, 6) is 2.64. The van der Waals surface area contributed by atoms with Gasteiger partial charge in [0.05, 0.1) is 10.3 Å². The van der Waals surface area contributed by atoms with E-state index in [-0.39, 0.29) is 5.91 Å². The number of aryl methyl sites for hydroxylation is 1. The van der Waals surface area contributed by atoms with Crippen molar-refractivity contribution in [1.29, 1.82) is 0 Å². The highest BCUT2D eigenvalue weighted by Gasteiger charge is 2.27. The maximum absolute atomic E-state index is 13.4. The lowest BCUT2D eigenvalue weighted by Gasteiger charge is -2.34. The van der Waals surface area contributed by atoms with Crippen LogP contribution in [0.4, 0.5) is 5.82 Å². The number of aromatic nitrogens is 2. The third kappa shape index (κ3) is 4.11. The summed E-state index contributed by atoms with van der Waals surface area (Å²) in [6.45, 7) is 12.2. The van der Waals surface area contributed by atoms with Gasteiger partial charge in [0.15, 0.2) is 11.5 Å². The van der Waals surface area contributed by atoms with Crippen LogP contribution >= 0.6 is 11.3 Å². The molecule has 2 aliphatic rings. The fourth-order valence-corrected chi connectivity index (χ4v) is 5.68. The fourth-order valence-electron chi connectivity index (χ4n) is 4.57. The molecule has 3 aromatic rings. The van der Waals surface area contributed by atoms with Crippen LogP contribution in [-0.2, 0) is 6.54 Å². The molecule has 2 aliphatic heterocycles. The predicted molar refractivity (Wildman–Crippen MR) is 129 cm³/mol. The molecular formula is C24H29N5O3S. The van der Waals surface area contributed by atoms with Gasteiger partial charge in [0, 0.05) is 45.8 Å². The van der Waals surface area contributed by atoms with Gasteiger partial charge in [-0.15, -0.1) is 11.3 Å². The molecule has 2 aromatic heterocycles. The van der Waals surface area contributed by atoms with Crippen molar-refractivity contribution in [3.8, 4) is 11.5 Å². The largest absolute Gasteiger partial charge is 0.454 e. The number of anilines is 1. The van der Waals surface area contributed by atoms with E-state index in [2.05, 4.69) is 45.7 Å². The highest BCUT2D eigenvalue weighted by atomic mass is 32.1. The Bertz CT molecular complexity index is 1170. The molecule has 0 spiro atoms. The van der Waals surface area contributed by atoms with Gasteiger partial charge in [-0.1, -0.05) is 6.07 Å². The number of nitrogens with zero attached hydrogens (tertiary/aromatic N) is 5. The molecule has 174 valence electrons. The van der Waals surface area contributed by atoms with Gasteiger partial charge in [-0.05, 0) is 44.0 Å². The number of thiophene rings is 1. The summed E-state index contributed by atoms with van der Waals surface area (Å²) in [6, 6.07) is 6.10. The molecule has 1 aromatic carbocycles. The lowest BCUT2D eigenvalue weighted by Crippen LogP contribution is -2.48. The van der Waals surface area contributed by atoms with Gasteiger partial charge in [-0.25, -0.2) is 9.97 Å². The second kappa shape index (κ2) is 9.15. The smallest absolute Gasteiger partial charge is 0.264 e. The van der Waals surface area contributed by atoms with Gasteiger partial charge in [0.1, 0.15) is 17.0 Å². The maximum atomic E-state index is 13.4. The van der Waals surface area contributed by atoms with Crippen LogP contribution in [0.3, 0.4) is 0 Å². The topological polar surface area (TPSA) is 71.0 Å². The van der Waals surface area contributed by atoms with E-state index in [9.17, 15) is 4.79 Å². The molecule has 0 atom stereocenters. The number of hydrogen-bond donors (Lipinski definition) is 0. The number of benzene rings is 1. The number of carbonyl (C=O) groups excluding carboxylic acids is 1. The first-order valence-electron chi connectivity index (χ1n) is 11.5. The van der Waals surface area contributed by atoms with Crippen LogP contribution in [0.5, 0.6) is 11.5 Å². The van der Waals surface area contributed by atoms with Crippen molar-refractivity contribution in [2.45, 2.75) is 27.3 Å². The van der Waals surface area contributed by atoms with Gasteiger partial charge < -0.3 is 19.3 Å². The minimum absolute atomic E-state index is 0.101. The number of carbonyl (C=O) groups is 1. The molecule has 0 N–H and O–H groups in total. The van der Waals surface area contributed by atoms with Gasteiger partial charge in [0.25, 0.3) is 5.91 Å². The van der Waals surface area contributed by atoms with Gasteiger partial charge >= 0.3 is 0 Å².